The second-order valence-electron chi connectivity index (χ2n) is 7.28. The van der Waals surface area contributed by atoms with Gasteiger partial charge in [-0.05, 0) is 42.7 Å². The molecule has 3 atom stereocenters. The van der Waals surface area contributed by atoms with E-state index in [4.69, 9.17) is 19.3 Å². The lowest BCUT2D eigenvalue weighted by atomic mass is 9.76. The minimum atomic E-state index is -0.692. The molecule has 1 saturated heterocycles. The van der Waals surface area contributed by atoms with E-state index in [1.54, 1.807) is 18.2 Å². The van der Waals surface area contributed by atoms with Gasteiger partial charge in [-0.2, -0.15) is 0 Å². The molecule has 3 unspecified atom stereocenters. The second kappa shape index (κ2) is 10.2. The van der Waals surface area contributed by atoms with Gasteiger partial charge in [0, 0.05) is 13.5 Å². The molecule has 6 nitrogen and oxygen atoms in total. The van der Waals surface area contributed by atoms with Crippen LogP contribution in [0.15, 0.2) is 24.5 Å². The third-order valence-electron chi connectivity index (χ3n) is 4.04. The van der Waals surface area contributed by atoms with Gasteiger partial charge in [0.2, 0.25) is 0 Å². The number of aliphatic carboxylic acids is 1. The zero-order valence-corrected chi connectivity index (χ0v) is 15.6. The van der Waals surface area contributed by atoms with Crippen LogP contribution in [0.1, 0.15) is 53.4 Å². The molecule has 142 valence electrons. The van der Waals surface area contributed by atoms with Gasteiger partial charge in [0.15, 0.2) is 0 Å². The summed E-state index contributed by atoms with van der Waals surface area (Å²) in [7, 11) is 0. The number of carbonyl (C=O) groups excluding carboxylic acids is 1. The van der Waals surface area contributed by atoms with E-state index in [1.165, 1.54) is 13.2 Å². The summed E-state index contributed by atoms with van der Waals surface area (Å²) in [5, 5.41) is 8.86. The van der Waals surface area contributed by atoms with E-state index in [1.807, 2.05) is 0 Å². The molecular weight excluding hydrogens is 324 g/mol. The van der Waals surface area contributed by atoms with Crippen LogP contribution in [-0.2, 0) is 23.8 Å². The Morgan fingerprint density at radius 1 is 1.36 bits per heavy atom. The molecule has 6 heteroatoms. The van der Waals surface area contributed by atoms with E-state index >= 15 is 0 Å². The third kappa shape index (κ3) is 9.29. The Morgan fingerprint density at radius 2 is 2.08 bits per heavy atom. The Morgan fingerprint density at radius 3 is 2.60 bits per heavy atom. The lowest BCUT2D eigenvalue weighted by Crippen LogP contribution is -2.35. The smallest absolute Gasteiger partial charge is 0.305 e. The van der Waals surface area contributed by atoms with Crippen LogP contribution in [0.5, 0.6) is 0 Å². The molecule has 0 amide bonds. The normalized spacial score (nSPS) is 27.9. The molecular formula is C19H30O6. The summed E-state index contributed by atoms with van der Waals surface area (Å²) >= 11 is 0. The van der Waals surface area contributed by atoms with Crippen molar-refractivity contribution in [3.05, 3.63) is 24.5 Å². The predicted octanol–water partition coefficient (Wildman–Crippen LogP) is 3.67. The lowest BCUT2D eigenvalue weighted by Gasteiger charge is -2.37. The van der Waals surface area contributed by atoms with E-state index in [-0.39, 0.29) is 23.9 Å². The average molecular weight is 354 g/mol. The molecule has 2 aliphatic heterocycles. The van der Waals surface area contributed by atoms with Crippen LogP contribution in [0, 0.1) is 11.3 Å². The molecule has 0 aromatic rings. The first-order valence-electron chi connectivity index (χ1n) is 8.69. The zero-order chi connectivity index (χ0) is 18.9. The zero-order valence-electron chi connectivity index (χ0n) is 15.6. The van der Waals surface area contributed by atoms with E-state index in [0.29, 0.717) is 12.5 Å². The standard InChI is InChI=1S/C12H22O3.C7H8O3/c1-9(2)6-10-7-12(3,4-5-15-10)8-11(13)14;1-6(8)10-7-4-2-3-5-9-7/h9-10H,4-8H2,1-3H3,(H,13,14);2-5,7H,1H3. The summed E-state index contributed by atoms with van der Waals surface area (Å²) in [5.74, 6) is -0.421. The number of carbonyl (C=O) groups is 2. The van der Waals surface area contributed by atoms with E-state index in [9.17, 15) is 9.59 Å². The summed E-state index contributed by atoms with van der Waals surface area (Å²) in [6.07, 6.45) is 9.39. The molecule has 2 heterocycles. The maximum atomic E-state index is 10.8. The molecule has 0 bridgehead atoms. The largest absolute Gasteiger partial charge is 0.481 e. The molecule has 1 fully saturated rings. The second-order valence-corrected chi connectivity index (χ2v) is 7.28. The lowest BCUT2D eigenvalue weighted by molar-refractivity contribution is -0.159. The van der Waals surface area contributed by atoms with Crippen LogP contribution in [0.2, 0.25) is 0 Å². The summed E-state index contributed by atoms with van der Waals surface area (Å²) in [6, 6.07) is 0. The fraction of sp³-hybridized carbons (Fsp3) is 0.684. The van der Waals surface area contributed by atoms with Crippen molar-refractivity contribution in [2.24, 2.45) is 11.3 Å². The highest BCUT2D eigenvalue weighted by Gasteiger charge is 2.34. The summed E-state index contributed by atoms with van der Waals surface area (Å²) in [6.45, 7) is 8.46. The van der Waals surface area contributed by atoms with Crippen LogP contribution in [-0.4, -0.2) is 36.0 Å². The first kappa shape index (κ1) is 21.2. The summed E-state index contributed by atoms with van der Waals surface area (Å²) in [4.78, 5) is 21.1. The van der Waals surface area contributed by atoms with Gasteiger partial charge in [-0.25, -0.2) is 0 Å². The molecule has 25 heavy (non-hydrogen) atoms. The number of rotatable bonds is 5. The molecule has 0 aromatic heterocycles. The van der Waals surface area contributed by atoms with Crippen molar-refractivity contribution in [2.45, 2.75) is 65.8 Å². The van der Waals surface area contributed by atoms with Crippen molar-refractivity contribution in [3.63, 3.8) is 0 Å². The van der Waals surface area contributed by atoms with Crippen molar-refractivity contribution in [2.75, 3.05) is 6.61 Å². The van der Waals surface area contributed by atoms with Crippen molar-refractivity contribution in [1.29, 1.82) is 0 Å². The Labute approximate surface area is 149 Å². The maximum Gasteiger partial charge on any atom is 0.305 e. The van der Waals surface area contributed by atoms with Crippen LogP contribution in [0.3, 0.4) is 0 Å². The first-order chi connectivity index (χ1) is 11.7. The quantitative estimate of drug-likeness (QED) is 0.759. The summed E-state index contributed by atoms with van der Waals surface area (Å²) in [5.41, 5.74) is -0.0658. The Kier molecular flexibility index (Phi) is 8.69. The topological polar surface area (TPSA) is 82.1 Å². The van der Waals surface area contributed by atoms with Gasteiger partial charge in [-0.1, -0.05) is 26.8 Å². The monoisotopic (exact) mass is 354 g/mol. The van der Waals surface area contributed by atoms with Crippen molar-refractivity contribution < 1.29 is 28.9 Å². The van der Waals surface area contributed by atoms with E-state index in [2.05, 4.69) is 20.8 Å². The van der Waals surface area contributed by atoms with E-state index < -0.39 is 12.3 Å². The highest BCUT2D eigenvalue weighted by molar-refractivity contribution is 5.67. The van der Waals surface area contributed by atoms with Gasteiger partial charge in [0.05, 0.1) is 18.8 Å². The molecule has 2 rings (SSSR count). The Bertz CT molecular complexity index is 496. The number of carboxylic acids is 1. The number of hydrogen-bond acceptors (Lipinski definition) is 5. The Balaban J connectivity index is 0.000000271. The van der Waals surface area contributed by atoms with Crippen LogP contribution >= 0.6 is 0 Å². The number of carboxylic acid groups (broad SMARTS) is 1. The third-order valence-corrected chi connectivity index (χ3v) is 4.04. The molecule has 2 aliphatic rings. The number of esters is 1. The number of allylic oxidation sites excluding steroid dienone is 2. The molecule has 0 spiro atoms. The molecule has 0 radical (unpaired) electrons. The van der Waals surface area contributed by atoms with Gasteiger partial charge in [-0.3, -0.25) is 9.59 Å². The average Bonchev–Trinajstić information content (AvgIpc) is 2.46. The van der Waals surface area contributed by atoms with Crippen molar-refractivity contribution in [1.82, 2.24) is 0 Å². The molecule has 0 saturated carbocycles. The maximum absolute atomic E-state index is 10.8. The molecule has 0 aromatic carbocycles. The SMILES string of the molecule is CC(=O)OC1C=CC=CO1.CC(C)CC1CC(C)(CC(=O)O)CCO1. The van der Waals surface area contributed by atoms with Crippen molar-refractivity contribution in [3.8, 4) is 0 Å². The van der Waals surface area contributed by atoms with Gasteiger partial charge >= 0.3 is 11.9 Å². The van der Waals surface area contributed by atoms with Crippen molar-refractivity contribution >= 4 is 11.9 Å². The molecule has 0 aliphatic carbocycles. The van der Waals surface area contributed by atoms with Gasteiger partial charge in [0.1, 0.15) is 0 Å². The highest BCUT2D eigenvalue weighted by Crippen LogP contribution is 2.37. The van der Waals surface area contributed by atoms with Crippen LogP contribution < -0.4 is 0 Å². The van der Waals surface area contributed by atoms with Gasteiger partial charge in [-0.15, -0.1) is 0 Å². The van der Waals surface area contributed by atoms with Gasteiger partial charge in [0.25, 0.3) is 6.29 Å². The fourth-order valence-corrected chi connectivity index (χ4v) is 2.98. The minimum Gasteiger partial charge on any atom is -0.481 e. The predicted molar refractivity (Wildman–Crippen MR) is 93.7 cm³/mol. The van der Waals surface area contributed by atoms with Gasteiger partial charge < -0.3 is 19.3 Å². The number of ether oxygens (including phenoxy) is 3. The van der Waals surface area contributed by atoms with E-state index in [0.717, 1.165) is 19.3 Å². The molecule has 1 N–H and O–H groups in total. The van der Waals surface area contributed by atoms with Crippen LogP contribution in [0.25, 0.3) is 0 Å². The number of hydrogen-bond donors (Lipinski definition) is 1. The fourth-order valence-electron chi connectivity index (χ4n) is 2.98. The summed E-state index contributed by atoms with van der Waals surface area (Å²) < 4.78 is 15.2. The minimum absolute atomic E-state index is 0.0658. The first-order valence-corrected chi connectivity index (χ1v) is 8.69. The van der Waals surface area contributed by atoms with Crippen LogP contribution in [0.4, 0.5) is 0 Å². The Hall–Kier alpha value is -1.82. The highest BCUT2D eigenvalue weighted by atomic mass is 16.7.